The molecule has 0 unspecified atom stereocenters. The van der Waals surface area contributed by atoms with E-state index in [1.807, 2.05) is 91.0 Å². The van der Waals surface area contributed by atoms with Gasteiger partial charge in [-0.1, -0.05) is 91.0 Å². The molecule has 0 aliphatic carbocycles. The molecule has 1 fully saturated rings. The van der Waals surface area contributed by atoms with Gasteiger partial charge in [-0.05, 0) is 199 Å². The Kier molecular flexibility index (Phi) is 32.4. The van der Waals surface area contributed by atoms with Crippen LogP contribution in [-0.4, -0.2) is 170 Å². The van der Waals surface area contributed by atoms with Crippen molar-refractivity contribution in [3.63, 3.8) is 0 Å². The van der Waals surface area contributed by atoms with Crippen LogP contribution in [0.2, 0.25) is 0 Å². The molecule has 0 saturated carbocycles. The zero-order chi connectivity index (χ0) is 75.6. The molecule has 4 rings (SSSR count). The van der Waals surface area contributed by atoms with Crippen molar-refractivity contribution in [1.82, 2.24) is 31.9 Å². The standard InChI is InChI=1S/C74H112N6O21/c1-68(2,3)96-62(84)75-44-32-29-41-51(78-65(87)99-71(10,11)12)58(81)93-55-54(47-91-74(48-35-23-20-24-36-48,49-37-25-21-26-38-49)50-39-27-22-28-40-50)92-61(90-19)57(95-60(83)53(80-67(89)101-73(16,17)18)43-31-34-46-77-64(86)98-70(7,8)9)56(55)94-59(82)52(79-66(88)100-72(13,14)15)42-30-33-45-76-63(85)97-69(4,5)6/h20-28,35-40,51-57,61H,29-34,41-47H2,1-19H3,(H,75,84)(H,76,85)(H,77,86)(H,78,87)(H,79,88)(H,80,89)/t51-,52-,53-,54+,55-,56-,57+,61-/m0/s1. The maximum Gasteiger partial charge on any atom is 0.408 e. The minimum Gasteiger partial charge on any atom is -0.454 e. The number of alkyl carbamates (subject to hydrolysis) is 6. The number of unbranched alkanes of at least 4 members (excludes halogenated alkanes) is 3. The number of carbonyl (C=O) groups is 9. The Morgan fingerprint density at radius 1 is 0.366 bits per heavy atom. The van der Waals surface area contributed by atoms with Gasteiger partial charge in [-0.3, -0.25) is 0 Å². The van der Waals surface area contributed by atoms with Crippen molar-refractivity contribution >= 4 is 54.5 Å². The van der Waals surface area contributed by atoms with Gasteiger partial charge in [0.05, 0.1) is 6.61 Å². The van der Waals surface area contributed by atoms with Crippen molar-refractivity contribution in [2.45, 2.75) is 270 Å². The van der Waals surface area contributed by atoms with E-state index in [4.69, 9.17) is 56.8 Å². The van der Waals surface area contributed by atoms with Crippen LogP contribution in [-0.2, 0) is 76.8 Å². The summed E-state index contributed by atoms with van der Waals surface area (Å²) < 4.78 is 73.1. The van der Waals surface area contributed by atoms with Crippen molar-refractivity contribution < 1.29 is 100.0 Å². The van der Waals surface area contributed by atoms with Crippen LogP contribution >= 0.6 is 0 Å². The lowest BCUT2D eigenvalue weighted by molar-refractivity contribution is -0.307. The SMILES string of the molecule is CO[C@H]1O[C@H](COC(c2ccccc2)(c2ccccc2)c2ccccc2)[C@H](OC(=O)[C@H](CCCCNC(=O)OC(C)(C)C)NC(=O)OC(C)(C)C)[C@H](OC(=O)[C@H](CCCCNC(=O)OC(C)(C)C)NC(=O)OC(C)(C)C)[C@H]1OC(=O)[C@H](CCCCNC(=O)OC(C)(C)C)NC(=O)OC(C)(C)C. The van der Waals surface area contributed by atoms with Crippen LogP contribution in [0.5, 0.6) is 0 Å². The number of methoxy groups -OCH3 is 1. The van der Waals surface area contributed by atoms with Gasteiger partial charge in [0.1, 0.15) is 63.4 Å². The number of hydrogen-bond donors (Lipinski definition) is 6. The molecule has 27 heteroatoms. The Morgan fingerprint density at radius 3 is 0.911 bits per heavy atom. The molecule has 27 nitrogen and oxygen atoms in total. The van der Waals surface area contributed by atoms with Crippen LogP contribution in [0.3, 0.4) is 0 Å². The van der Waals surface area contributed by atoms with Crippen molar-refractivity contribution in [3.8, 4) is 0 Å². The smallest absolute Gasteiger partial charge is 0.408 e. The largest absolute Gasteiger partial charge is 0.454 e. The van der Waals surface area contributed by atoms with Crippen molar-refractivity contribution in [1.29, 1.82) is 0 Å². The lowest BCUT2D eigenvalue weighted by atomic mass is 9.80. The predicted molar refractivity (Wildman–Crippen MR) is 374 cm³/mol. The number of ether oxygens (including phenoxy) is 12. The Balaban J connectivity index is 2.03. The third-order valence-electron chi connectivity index (χ3n) is 14.3. The number of benzene rings is 3. The highest BCUT2D eigenvalue weighted by molar-refractivity contribution is 5.84. The van der Waals surface area contributed by atoms with Crippen LogP contribution in [0, 0.1) is 0 Å². The fraction of sp³-hybridized carbons (Fsp3) is 0.635. The molecule has 3 aromatic carbocycles. The van der Waals surface area contributed by atoms with Gasteiger partial charge in [-0.2, -0.15) is 0 Å². The highest BCUT2D eigenvalue weighted by Crippen LogP contribution is 2.42. The first-order valence-electron chi connectivity index (χ1n) is 34.5. The number of amides is 6. The second kappa shape index (κ2) is 38.6. The summed E-state index contributed by atoms with van der Waals surface area (Å²) in [4.78, 5) is 126. The van der Waals surface area contributed by atoms with Crippen LogP contribution < -0.4 is 31.9 Å². The van der Waals surface area contributed by atoms with Gasteiger partial charge >= 0.3 is 54.5 Å². The average Bonchev–Trinajstić information content (AvgIpc) is 0.757. The molecular weight excluding hydrogens is 1310 g/mol. The van der Waals surface area contributed by atoms with E-state index in [0.29, 0.717) is 16.7 Å². The maximum atomic E-state index is 15.6. The number of rotatable bonds is 31. The lowest BCUT2D eigenvalue weighted by Gasteiger charge is -2.46. The molecule has 6 N–H and O–H groups in total. The van der Waals surface area contributed by atoms with Gasteiger partial charge in [-0.15, -0.1) is 0 Å². The summed E-state index contributed by atoms with van der Waals surface area (Å²) in [5, 5.41) is 15.9. The Morgan fingerprint density at radius 2 is 0.634 bits per heavy atom. The van der Waals surface area contributed by atoms with Crippen molar-refractivity contribution in [3.05, 3.63) is 108 Å². The van der Waals surface area contributed by atoms with E-state index in [0.717, 1.165) is 0 Å². The second-order valence-corrected chi connectivity index (χ2v) is 30.4. The Hall–Kier alpha value is -8.43. The zero-order valence-corrected chi connectivity index (χ0v) is 62.5. The molecule has 0 bridgehead atoms. The topological polar surface area (TPSA) is 337 Å². The van der Waals surface area contributed by atoms with Crippen LogP contribution in [0.1, 0.15) is 199 Å². The van der Waals surface area contributed by atoms with Gasteiger partial charge < -0.3 is 88.7 Å². The molecule has 1 aliphatic rings. The molecular formula is C74H112N6O21. The fourth-order valence-corrected chi connectivity index (χ4v) is 10.3. The monoisotopic (exact) mass is 1420 g/mol. The normalized spacial score (nSPS) is 17.6. The van der Waals surface area contributed by atoms with E-state index < -0.39 is 149 Å². The summed E-state index contributed by atoms with van der Waals surface area (Å²) >= 11 is 0. The summed E-state index contributed by atoms with van der Waals surface area (Å²) in [7, 11) is 1.22. The first kappa shape index (κ1) is 85.0. The zero-order valence-electron chi connectivity index (χ0n) is 62.5. The van der Waals surface area contributed by atoms with E-state index in [1.165, 1.54) is 7.11 Å². The molecule has 0 radical (unpaired) electrons. The third kappa shape index (κ3) is 32.0. The number of carbonyl (C=O) groups excluding carboxylic acids is 9. The van der Waals surface area contributed by atoms with E-state index in [-0.39, 0.29) is 77.4 Å². The van der Waals surface area contributed by atoms with Crippen LogP contribution in [0.15, 0.2) is 91.0 Å². The quantitative estimate of drug-likeness (QED) is 0.0151. The lowest BCUT2D eigenvalue weighted by Crippen LogP contribution is -2.65. The van der Waals surface area contributed by atoms with Gasteiger partial charge in [-0.25, -0.2) is 43.2 Å². The summed E-state index contributed by atoms with van der Waals surface area (Å²) in [6.45, 7) is 29.8. The first-order valence-corrected chi connectivity index (χ1v) is 34.5. The average molecular weight is 1420 g/mol. The summed E-state index contributed by atoms with van der Waals surface area (Å²) in [5.74, 6) is -3.45. The third-order valence-corrected chi connectivity index (χ3v) is 14.3. The maximum absolute atomic E-state index is 15.6. The molecule has 1 saturated heterocycles. The second-order valence-electron chi connectivity index (χ2n) is 30.4. The number of nitrogens with one attached hydrogen (secondary N) is 6. The Bertz CT molecular complexity index is 3020. The van der Waals surface area contributed by atoms with E-state index >= 15 is 14.4 Å². The van der Waals surface area contributed by atoms with Crippen LogP contribution in [0.25, 0.3) is 0 Å². The van der Waals surface area contributed by atoms with E-state index in [9.17, 15) is 28.8 Å². The molecule has 564 valence electrons. The summed E-state index contributed by atoms with van der Waals surface area (Å²) in [6, 6.07) is 23.1. The molecule has 3 aromatic rings. The highest BCUT2D eigenvalue weighted by atomic mass is 16.7. The van der Waals surface area contributed by atoms with E-state index in [2.05, 4.69) is 31.9 Å². The highest BCUT2D eigenvalue weighted by Gasteiger charge is 2.55. The van der Waals surface area contributed by atoms with Gasteiger partial charge in [0.15, 0.2) is 24.6 Å². The molecule has 0 spiro atoms. The number of esters is 3. The van der Waals surface area contributed by atoms with Gasteiger partial charge in [0.25, 0.3) is 0 Å². The molecule has 8 atom stereocenters. The van der Waals surface area contributed by atoms with Crippen LogP contribution in [0.4, 0.5) is 28.8 Å². The summed E-state index contributed by atoms with van der Waals surface area (Å²) in [6.07, 6.45) is -13.4. The molecule has 101 heavy (non-hydrogen) atoms. The van der Waals surface area contributed by atoms with Crippen molar-refractivity contribution in [2.24, 2.45) is 0 Å². The Labute approximate surface area is 595 Å². The minimum atomic E-state index is -2.01. The fourth-order valence-electron chi connectivity index (χ4n) is 10.3. The molecule has 1 aliphatic heterocycles. The minimum absolute atomic E-state index is 0.0876. The van der Waals surface area contributed by atoms with Gasteiger partial charge in [0.2, 0.25) is 0 Å². The molecule has 0 aromatic heterocycles. The molecule has 1 heterocycles. The summed E-state index contributed by atoms with van der Waals surface area (Å²) in [5.41, 5.74) is -5.11. The van der Waals surface area contributed by atoms with E-state index in [1.54, 1.807) is 125 Å². The predicted octanol–water partition coefficient (Wildman–Crippen LogP) is 11.9. The first-order chi connectivity index (χ1) is 47.0. The van der Waals surface area contributed by atoms with Gasteiger partial charge in [0, 0.05) is 26.7 Å². The molecule has 6 amide bonds. The number of hydrogen-bond acceptors (Lipinski definition) is 21. The van der Waals surface area contributed by atoms with Crippen molar-refractivity contribution in [2.75, 3.05) is 33.4 Å².